The van der Waals surface area contributed by atoms with E-state index in [9.17, 15) is 40.8 Å². The van der Waals surface area contributed by atoms with Crippen molar-refractivity contribution in [2.24, 2.45) is 5.92 Å². The van der Waals surface area contributed by atoms with Crippen molar-refractivity contribution < 1.29 is 63.9 Å². The molecule has 8 nitrogen and oxygen atoms in total. The van der Waals surface area contributed by atoms with Crippen LogP contribution in [0, 0.1) is 5.92 Å². The third kappa shape index (κ3) is 21.6. The van der Waals surface area contributed by atoms with Crippen LogP contribution in [0.25, 0.3) is 0 Å². The van der Waals surface area contributed by atoms with Crippen LogP contribution in [0.3, 0.4) is 0 Å². The lowest BCUT2D eigenvalue weighted by atomic mass is 9.91. The molecule has 7 atom stereocenters. The van der Waals surface area contributed by atoms with Crippen molar-refractivity contribution in [1.29, 1.82) is 0 Å². The third-order valence-corrected chi connectivity index (χ3v) is 24.0. The van der Waals surface area contributed by atoms with E-state index < -0.39 is 78.9 Å². The molecule has 0 aromatic heterocycles. The van der Waals surface area contributed by atoms with E-state index in [0.29, 0.717) is 32.3 Å². The molecule has 0 saturated carbocycles. The SMILES string of the molecule is C=C(CC(C)CC1CC=CC(CCO)O1)CC(/C=C/CC(OC(=O)CP(=O)(CC(F)(F)F)CC(F)(F)F)C(/C=C/C1CC(C)=CCO1)O[Si](C)(C)C(C)(C)C)O[Si](C)(C)C(C)(C)C. The van der Waals surface area contributed by atoms with Crippen LogP contribution in [-0.4, -0.2) is 108 Å². The van der Waals surface area contributed by atoms with Gasteiger partial charge in [0.2, 0.25) is 0 Å². The molecule has 0 radical (unpaired) electrons. The second-order valence-electron chi connectivity index (χ2n) is 20.7. The monoisotopic (exact) mass is 958 g/mol. The average Bonchev–Trinajstić information content (AvgIpc) is 3.06. The van der Waals surface area contributed by atoms with Gasteiger partial charge in [-0.1, -0.05) is 109 Å². The number of carbonyl (C=O) groups is 1. The van der Waals surface area contributed by atoms with Crippen molar-refractivity contribution >= 4 is 29.7 Å². The maximum Gasteiger partial charge on any atom is 0.395 e. The van der Waals surface area contributed by atoms with Crippen LogP contribution < -0.4 is 0 Å². The van der Waals surface area contributed by atoms with E-state index in [-0.39, 0.29) is 47.3 Å². The summed E-state index contributed by atoms with van der Waals surface area (Å²) in [7, 11) is -10.3. The van der Waals surface area contributed by atoms with Crippen molar-refractivity contribution in [2.45, 2.75) is 186 Å². The Balaban J connectivity index is 2.56. The molecule has 0 aliphatic carbocycles. The molecule has 7 unspecified atom stereocenters. The van der Waals surface area contributed by atoms with Gasteiger partial charge in [-0.05, 0) is 81.2 Å². The molecule has 2 aliphatic heterocycles. The first-order chi connectivity index (χ1) is 28.6. The minimum absolute atomic E-state index is 0.0182. The van der Waals surface area contributed by atoms with Crippen molar-refractivity contribution in [1.82, 2.24) is 0 Å². The second-order valence-corrected chi connectivity index (χ2v) is 33.3. The Kier molecular flexibility index (Phi) is 21.6. The zero-order valence-corrected chi connectivity index (χ0v) is 42.7. The Morgan fingerprint density at radius 1 is 0.968 bits per heavy atom. The Morgan fingerprint density at radius 3 is 2.10 bits per heavy atom. The highest BCUT2D eigenvalue weighted by atomic mass is 31.2. The number of halogens is 6. The van der Waals surface area contributed by atoms with Crippen LogP contribution in [0.5, 0.6) is 0 Å². The summed E-state index contributed by atoms with van der Waals surface area (Å²) in [5.74, 6) is -1.21. The fraction of sp³-hybridized carbons (Fsp3) is 0.761. The lowest BCUT2D eigenvalue weighted by Crippen LogP contribution is -2.47. The molecular weight excluding hydrogens is 882 g/mol. The van der Waals surface area contributed by atoms with Gasteiger partial charge in [0, 0.05) is 19.4 Å². The van der Waals surface area contributed by atoms with E-state index in [1.165, 1.54) is 0 Å². The van der Waals surface area contributed by atoms with Crippen molar-refractivity contribution in [3.8, 4) is 0 Å². The van der Waals surface area contributed by atoms with Gasteiger partial charge in [-0.2, -0.15) is 26.3 Å². The minimum atomic E-state index is -5.21. The number of hydrogen-bond donors (Lipinski definition) is 1. The molecule has 0 aromatic rings. The summed E-state index contributed by atoms with van der Waals surface area (Å²) in [5, 5.41) is 8.88. The quantitative estimate of drug-likeness (QED) is 0.0355. The van der Waals surface area contributed by atoms with Gasteiger partial charge >= 0.3 is 18.3 Å². The number of hydrogen-bond acceptors (Lipinski definition) is 8. The lowest BCUT2D eigenvalue weighted by Gasteiger charge is -2.40. The molecule has 0 fully saturated rings. The Labute approximate surface area is 376 Å². The van der Waals surface area contributed by atoms with Crippen LogP contribution in [0.4, 0.5) is 26.3 Å². The van der Waals surface area contributed by atoms with E-state index in [1.54, 1.807) is 18.2 Å². The molecule has 1 N–H and O–H groups in total. The Bertz CT molecular complexity index is 1620. The maximum atomic E-state index is 13.6. The standard InChI is InChI=1S/C46H77F6O8PSi2/c1-33-23-25-56-37(27-33)20-21-41(60-63(12,13)44(7,8)9)40(58-42(54)30-61(55,31-45(47,48)49)32-46(50,51)52)19-15-18-39(59-62(10,11)43(4,5)6)29-35(3)26-34(2)28-38-17-14-16-36(57-38)22-24-53/h14-16,18,20-21,23,34,36-41,53H,3,17,19,22,24-32H2,1-2,4-13H3/b18-15+,21-20+. The molecule has 0 bridgehead atoms. The number of esters is 1. The van der Waals surface area contributed by atoms with Crippen molar-refractivity contribution in [2.75, 3.05) is 31.7 Å². The normalized spacial score (nSPS) is 22.0. The van der Waals surface area contributed by atoms with Gasteiger partial charge in [-0.15, -0.1) is 0 Å². The van der Waals surface area contributed by atoms with E-state index in [1.807, 2.05) is 59.0 Å². The zero-order valence-electron chi connectivity index (χ0n) is 39.8. The molecule has 2 heterocycles. The number of ether oxygens (including phenoxy) is 3. The zero-order chi connectivity index (χ0) is 48.2. The molecule has 0 spiro atoms. The number of rotatable bonds is 23. The number of aliphatic hydroxyl groups excluding tert-OH is 1. The van der Waals surface area contributed by atoms with Gasteiger partial charge in [-0.3, -0.25) is 4.79 Å². The summed E-state index contributed by atoms with van der Waals surface area (Å²) >= 11 is 0. The summed E-state index contributed by atoms with van der Waals surface area (Å²) in [6.45, 7) is 29.5. The van der Waals surface area contributed by atoms with E-state index in [4.69, 9.17) is 23.1 Å². The number of alkyl halides is 6. The first-order valence-electron chi connectivity index (χ1n) is 22.1. The molecule has 0 saturated heterocycles. The second kappa shape index (κ2) is 23.8. The molecule has 17 heteroatoms. The predicted octanol–water partition coefficient (Wildman–Crippen LogP) is 12.9. The Hall–Kier alpha value is -1.79. The summed E-state index contributed by atoms with van der Waals surface area (Å²) in [6, 6.07) is 0. The van der Waals surface area contributed by atoms with Crippen molar-refractivity contribution in [3.05, 3.63) is 60.3 Å². The van der Waals surface area contributed by atoms with E-state index in [0.717, 1.165) is 24.0 Å². The maximum absolute atomic E-state index is 13.6. The van der Waals surface area contributed by atoms with Gasteiger partial charge in [0.15, 0.2) is 16.6 Å². The summed E-state index contributed by atoms with van der Waals surface area (Å²) < 4.78 is 126. The lowest BCUT2D eigenvalue weighted by molar-refractivity contribution is -0.149. The Morgan fingerprint density at radius 2 is 1.56 bits per heavy atom. The van der Waals surface area contributed by atoms with Gasteiger partial charge < -0.3 is 32.7 Å². The number of carbonyl (C=O) groups excluding carboxylic acids is 1. The van der Waals surface area contributed by atoms with Gasteiger partial charge in [0.1, 0.15) is 19.3 Å². The summed E-state index contributed by atoms with van der Waals surface area (Å²) in [6.07, 6.45) is -2.69. The molecule has 63 heavy (non-hydrogen) atoms. The summed E-state index contributed by atoms with van der Waals surface area (Å²) in [4.78, 5) is 13.6. The van der Waals surface area contributed by atoms with Crippen molar-refractivity contribution in [3.63, 3.8) is 0 Å². The van der Waals surface area contributed by atoms with Crippen LogP contribution >= 0.6 is 7.14 Å². The van der Waals surface area contributed by atoms with Gasteiger partial charge in [0.25, 0.3) is 0 Å². The fourth-order valence-corrected chi connectivity index (χ4v) is 11.8. The van der Waals surface area contributed by atoms with Crippen LogP contribution in [-0.2, 0) is 32.4 Å². The number of aliphatic hydroxyl groups is 1. The van der Waals surface area contributed by atoms with Crippen LogP contribution in [0.2, 0.25) is 36.3 Å². The van der Waals surface area contributed by atoms with Gasteiger partial charge in [0.05, 0.1) is 49.5 Å². The fourth-order valence-electron chi connectivity index (χ4n) is 7.03. The topological polar surface area (TPSA) is 101 Å². The largest absolute Gasteiger partial charge is 0.459 e. The highest BCUT2D eigenvalue weighted by Crippen LogP contribution is 2.53. The van der Waals surface area contributed by atoms with Crippen LogP contribution in [0.15, 0.2) is 60.3 Å². The van der Waals surface area contributed by atoms with Crippen LogP contribution in [0.1, 0.15) is 100 Å². The smallest absolute Gasteiger partial charge is 0.395 e. The first kappa shape index (κ1) is 57.3. The molecule has 364 valence electrons. The molecule has 2 aliphatic rings. The first-order valence-corrected chi connectivity index (χ1v) is 30.2. The highest BCUT2D eigenvalue weighted by Gasteiger charge is 2.48. The molecule has 0 aromatic carbocycles. The van der Waals surface area contributed by atoms with Gasteiger partial charge in [-0.25, -0.2) is 0 Å². The molecular formula is C46H77F6O8PSi2. The van der Waals surface area contributed by atoms with E-state index in [2.05, 4.69) is 53.4 Å². The predicted molar refractivity (Wildman–Crippen MR) is 246 cm³/mol. The minimum Gasteiger partial charge on any atom is -0.459 e. The third-order valence-electron chi connectivity index (χ3n) is 12.3. The highest BCUT2D eigenvalue weighted by molar-refractivity contribution is 7.65. The summed E-state index contributed by atoms with van der Waals surface area (Å²) in [5.41, 5.74) is 2.05. The molecule has 0 amide bonds. The van der Waals surface area contributed by atoms with E-state index >= 15 is 0 Å². The average molecular weight is 959 g/mol. The molecule has 2 rings (SSSR count).